The lowest BCUT2D eigenvalue weighted by Crippen LogP contribution is -2.42. The number of piperidine rings is 1. The maximum Gasteiger partial charge on any atom is 0.124 e. The Kier molecular flexibility index (Phi) is 5.16. The number of methoxy groups -OCH3 is 1. The summed E-state index contributed by atoms with van der Waals surface area (Å²) in [6.07, 6.45) is 1.43. The lowest BCUT2D eigenvalue weighted by atomic mass is 9.83. The van der Waals surface area contributed by atoms with Gasteiger partial charge in [-0.05, 0) is 39.7 Å². The van der Waals surface area contributed by atoms with E-state index in [2.05, 4.69) is 35.5 Å². The van der Waals surface area contributed by atoms with Gasteiger partial charge in [0.1, 0.15) is 5.75 Å². The minimum absolute atomic E-state index is 0.716. The average molecular weight is 343 g/mol. The van der Waals surface area contributed by atoms with Crippen molar-refractivity contribution in [3.63, 3.8) is 0 Å². The first-order chi connectivity index (χ1) is 12.0. The number of hydrogen-bond acceptors (Lipinski definition) is 4. The molecule has 25 heavy (non-hydrogen) atoms. The largest absolute Gasteiger partial charge is 0.496 e. The molecule has 1 aliphatic rings. The molecule has 1 aromatic heterocycles. The molecule has 0 saturated carbocycles. The smallest absolute Gasteiger partial charge is 0.124 e. The van der Waals surface area contributed by atoms with Gasteiger partial charge >= 0.3 is 0 Å². The van der Waals surface area contributed by atoms with Gasteiger partial charge in [-0.25, -0.2) is 0 Å². The first-order valence-electron chi connectivity index (χ1n) is 9.09. The fraction of sp³-hybridized carbons (Fsp3) is 0.550. The quantitative estimate of drug-likeness (QED) is 0.907. The summed E-state index contributed by atoms with van der Waals surface area (Å²) < 4.78 is 7.52. The number of ether oxygens (including phenoxy) is 1. The summed E-state index contributed by atoms with van der Waals surface area (Å²) in [6, 6.07) is 7.81. The van der Waals surface area contributed by atoms with Crippen molar-refractivity contribution in [3.05, 3.63) is 46.8 Å². The van der Waals surface area contributed by atoms with E-state index in [1.165, 1.54) is 11.3 Å². The molecule has 1 fully saturated rings. The summed E-state index contributed by atoms with van der Waals surface area (Å²) in [5.41, 5.74) is 3.80. The van der Waals surface area contributed by atoms with E-state index in [-0.39, 0.29) is 0 Å². The van der Waals surface area contributed by atoms with Crippen LogP contribution >= 0.6 is 0 Å². The monoisotopic (exact) mass is 343 g/mol. The van der Waals surface area contributed by atoms with E-state index in [9.17, 15) is 5.11 Å². The van der Waals surface area contributed by atoms with Crippen LogP contribution in [0.1, 0.15) is 42.3 Å². The van der Waals surface area contributed by atoms with Crippen molar-refractivity contribution in [2.24, 2.45) is 0 Å². The molecule has 136 valence electrons. The highest BCUT2D eigenvalue weighted by molar-refractivity contribution is 5.38. The van der Waals surface area contributed by atoms with Crippen LogP contribution in [-0.2, 0) is 18.7 Å². The first-order valence-corrected chi connectivity index (χ1v) is 9.09. The molecule has 1 aromatic carbocycles. The van der Waals surface area contributed by atoms with Gasteiger partial charge in [-0.1, -0.05) is 18.2 Å². The average Bonchev–Trinajstić information content (AvgIpc) is 2.91. The van der Waals surface area contributed by atoms with Crippen molar-refractivity contribution in [2.45, 2.75) is 52.3 Å². The summed E-state index contributed by atoms with van der Waals surface area (Å²) >= 11 is 0. The fourth-order valence-electron chi connectivity index (χ4n) is 3.87. The molecule has 0 spiro atoms. The van der Waals surface area contributed by atoms with Gasteiger partial charge in [-0.15, -0.1) is 0 Å². The number of para-hydroxylation sites is 1. The summed E-state index contributed by atoms with van der Waals surface area (Å²) in [5.74, 6) is 0.773. The van der Waals surface area contributed by atoms with Crippen LogP contribution in [0.4, 0.5) is 0 Å². The third-order valence-electron chi connectivity index (χ3n) is 5.50. The van der Waals surface area contributed by atoms with Crippen LogP contribution in [0.25, 0.3) is 0 Å². The van der Waals surface area contributed by atoms with Gasteiger partial charge in [0.25, 0.3) is 0 Å². The van der Waals surface area contributed by atoms with Gasteiger partial charge in [-0.3, -0.25) is 9.58 Å². The predicted molar refractivity (Wildman–Crippen MR) is 98.8 cm³/mol. The topological polar surface area (TPSA) is 50.5 Å². The Morgan fingerprint density at radius 3 is 2.48 bits per heavy atom. The molecule has 0 unspecified atom stereocenters. The number of aryl methyl sites for hydroxylation is 2. The minimum Gasteiger partial charge on any atom is -0.496 e. The normalized spacial score (nSPS) is 17.6. The van der Waals surface area contributed by atoms with E-state index in [0.717, 1.165) is 43.2 Å². The highest BCUT2D eigenvalue weighted by Gasteiger charge is 2.36. The Morgan fingerprint density at radius 1 is 1.20 bits per heavy atom. The van der Waals surface area contributed by atoms with Crippen LogP contribution in [0, 0.1) is 13.8 Å². The molecule has 0 atom stereocenters. The Morgan fingerprint density at radius 2 is 1.88 bits per heavy atom. The van der Waals surface area contributed by atoms with Crippen LogP contribution in [-0.4, -0.2) is 40.0 Å². The van der Waals surface area contributed by atoms with E-state index < -0.39 is 5.60 Å². The Labute approximate surface area is 150 Å². The zero-order chi connectivity index (χ0) is 18.0. The Balaban J connectivity index is 1.71. The number of nitrogens with zero attached hydrogens (tertiary/aromatic N) is 3. The Hall–Kier alpha value is -1.85. The highest BCUT2D eigenvalue weighted by Crippen LogP contribution is 2.38. The summed E-state index contributed by atoms with van der Waals surface area (Å²) in [4.78, 5) is 2.42. The van der Waals surface area contributed by atoms with Crippen LogP contribution in [0.15, 0.2) is 24.3 Å². The lowest BCUT2D eigenvalue weighted by Gasteiger charge is -2.39. The number of hydrogen-bond donors (Lipinski definition) is 1. The molecular weight excluding hydrogens is 314 g/mol. The molecule has 0 aliphatic carbocycles. The number of aromatic nitrogens is 2. The van der Waals surface area contributed by atoms with E-state index >= 15 is 0 Å². The van der Waals surface area contributed by atoms with Crippen LogP contribution < -0.4 is 4.74 Å². The number of aliphatic hydroxyl groups is 1. The highest BCUT2D eigenvalue weighted by atomic mass is 16.5. The van der Waals surface area contributed by atoms with Gasteiger partial charge in [0.05, 0.1) is 18.4 Å². The van der Waals surface area contributed by atoms with Gasteiger partial charge < -0.3 is 9.84 Å². The Bertz CT molecular complexity index is 731. The number of rotatable bonds is 5. The molecule has 1 N–H and O–H groups in total. The predicted octanol–water partition coefficient (Wildman–Crippen LogP) is 3.01. The molecule has 0 radical (unpaired) electrons. The van der Waals surface area contributed by atoms with E-state index in [4.69, 9.17) is 4.74 Å². The van der Waals surface area contributed by atoms with Crippen molar-refractivity contribution < 1.29 is 9.84 Å². The van der Waals surface area contributed by atoms with Crippen molar-refractivity contribution in [1.82, 2.24) is 14.7 Å². The lowest BCUT2D eigenvalue weighted by molar-refractivity contribution is -0.0293. The maximum atomic E-state index is 11.2. The molecule has 2 aromatic rings. The number of likely N-dealkylation sites (tertiary alicyclic amines) is 1. The SMILES string of the molecule is CCn1nc(C)c(CN2CCC(O)(c3ccccc3OC)CC2)c1C. The second-order valence-corrected chi connectivity index (χ2v) is 6.97. The van der Waals surface area contributed by atoms with Gasteiger partial charge in [0, 0.05) is 43.0 Å². The molecule has 5 heteroatoms. The molecule has 0 bridgehead atoms. The second-order valence-electron chi connectivity index (χ2n) is 6.97. The number of benzene rings is 1. The molecule has 0 amide bonds. The van der Waals surface area contributed by atoms with Crippen LogP contribution in [0.3, 0.4) is 0 Å². The molecular formula is C20H29N3O2. The third-order valence-corrected chi connectivity index (χ3v) is 5.50. The van der Waals surface area contributed by atoms with Gasteiger partial charge in [0.15, 0.2) is 0 Å². The van der Waals surface area contributed by atoms with E-state index in [0.29, 0.717) is 12.8 Å². The molecule has 2 heterocycles. The van der Waals surface area contributed by atoms with Crippen molar-refractivity contribution in [1.29, 1.82) is 0 Å². The summed E-state index contributed by atoms with van der Waals surface area (Å²) in [5, 5.41) is 15.8. The maximum absolute atomic E-state index is 11.2. The minimum atomic E-state index is -0.805. The fourth-order valence-corrected chi connectivity index (χ4v) is 3.87. The van der Waals surface area contributed by atoms with Crippen molar-refractivity contribution >= 4 is 0 Å². The molecule has 1 aliphatic heterocycles. The first kappa shape index (κ1) is 18.0. The van der Waals surface area contributed by atoms with E-state index in [1.54, 1.807) is 7.11 Å². The molecule has 1 saturated heterocycles. The van der Waals surface area contributed by atoms with Crippen molar-refractivity contribution in [3.8, 4) is 5.75 Å². The second kappa shape index (κ2) is 7.18. The summed E-state index contributed by atoms with van der Waals surface area (Å²) in [7, 11) is 1.66. The van der Waals surface area contributed by atoms with E-state index in [1.807, 2.05) is 24.3 Å². The van der Waals surface area contributed by atoms with Crippen molar-refractivity contribution in [2.75, 3.05) is 20.2 Å². The van der Waals surface area contributed by atoms with Gasteiger partial charge in [-0.2, -0.15) is 5.10 Å². The third kappa shape index (κ3) is 3.44. The van der Waals surface area contributed by atoms with Gasteiger partial charge in [0.2, 0.25) is 0 Å². The summed E-state index contributed by atoms with van der Waals surface area (Å²) in [6.45, 7) is 9.89. The molecule has 3 rings (SSSR count). The zero-order valence-electron chi connectivity index (χ0n) is 15.7. The standard InChI is InChI=1S/C20H29N3O2/c1-5-23-16(3)17(15(2)21-23)14-22-12-10-20(24,11-13-22)18-8-6-7-9-19(18)25-4/h6-9,24H,5,10-14H2,1-4H3. The molecule has 5 nitrogen and oxygen atoms in total. The van der Waals surface area contributed by atoms with Crippen LogP contribution in [0.2, 0.25) is 0 Å². The zero-order valence-corrected chi connectivity index (χ0v) is 15.7. The van der Waals surface area contributed by atoms with Crippen LogP contribution in [0.5, 0.6) is 5.75 Å².